The highest BCUT2D eigenvalue weighted by molar-refractivity contribution is 5.96. The lowest BCUT2D eigenvalue weighted by Gasteiger charge is -2.25. The molecule has 3 amide bonds. The van der Waals surface area contributed by atoms with Crippen LogP contribution >= 0.6 is 0 Å². The van der Waals surface area contributed by atoms with Gasteiger partial charge in [-0.1, -0.05) is 12.1 Å². The predicted octanol–water partition coefficient (Wildman–Crippen LogP) is -2.12. The van der Waals surface area contributed by atoms with Gasteiger partial charge in [-0.15, -0.1) is 0 Å². The van der Waals surface area contributed by atoms with Crippen LogP contribution in [0.15, 0.2) is 24.3 Å². The van der Waals surface area contributed by atoms with Crippen molar-refractivity contribution >= 4 is 35.6 Å². The number of phenols is 1. The van der Waals surface area contributed by atoms with Gasteiger partial charge in [-0.2, -0.15) is 0 Å². The van der Waals surface area contributed by atoms with Crippen LogP contribution in [0.4, 0.5) is 0 Å². The molecule has 15 nitrogen and oxygen atoms in total. The first-order valence-corrected chi connectivity index (χ1v) is 11.6. The highest BCUT2D eigenvalue weighted by Crippen LogP contribution is 2.12. The third-order valence-electron chi connectivity index (χ3n) is 5.31. The van der Waals surface area contributed by atoms with Crippen LogP contribution in [0.1, 0.15) is 37.7 Å². The second kappa shape index (κ2) is 15.8. The number of aliphatic carboxylic acids is 3. The molecule has 0 heterocycles. The number of carboxylic acids is 3. The number of nitrogens with one attached hydrogen (secondary N) is 3. The lowest BCUT2D eigenvalue weighted by molar-refractivity contribution is -0.143. The van der Waals surface area contributed by atoms with Crippen LogP contribution in [0.5, 0.6) is 5.75 Å². The van der Waals surface area contributed by atoms with Gasteiger partial charge in [0.05, 0.1) is 18.9 Å². The first-order valence-electron chi connectivity index (χ1n) is 11.6. The van der Waals surface area contributed by atoms with Gasteiger partial charge in [0.25, 0.3) is 0 Å². The fourth-order valence-electron chi connectivity index (χ4n) is 3.32. The molecule has 0 saturated heterocycles. The van der Waals surface area contributed by atoms with E-state index < -0.39 is 72.6 Å². The molecule has 1 aromatic carbocycles. The number of unbranched alkanes of at least 4 members (excludes halogenated alkanes) is 1. The Morgan fingerprint density at radius 1 is 0.737 bits per heavy atom. The van der Waals surface area contributed by atoms with Gasteiger partial charge in [0.2, 0.25) is 17.7 Å². The molecule has 0 bridgehead atoms. The number of carbonyl (C=O) groups is 6. The van der Waals surface area contributed by atoms with Gasteiger partial charge in [0.1, 0.15) is 23.9 Å². The number of benzene rings is 1. The zero-order chi connectivity index (χ0) is 28.8. The molecule has 0 radical (unpaired) electrons. The van der Waals surface area contributed by atoms with Crippen molar-refractivity contribution in [3.8, 4) is 5.75 Å². The maximum atomic E-state index is 13.0. The second-order valence-electron chi connectivity index (χ2n) is 8.48. The van der Waals surface area contributed by atoms with E-state index >= 15 is 0 Å². The average molecular weight is 540 g/mol. The molecular weight excluding hydrogens is 506 g/mol. The zero-order valence-corrected chi connectivity index (χ0v) is 20.5. The van der Waals surface area contributed by atoms with Gasteiger partial charge >= 0.3 is 17.9 Å². The van der Waals surface area contributed by atoms with E-state index in [2.05, 4.69) is 16.0 Å². The number of hydrogen-bond acceptors (Lipinski definition) is 9. The van der Waals surface area contributed by atoms with Crippen LogP contribution < -0.4 is 27.4 Å². The van der Waals surface area contributed by atoms with Crippen LogP contribution in [0.3, 0.4) is 0 Å². The first-order chi connectivity index (χ1) is 17.8. The van der Waals surface area contributed by atoms with Crippen molar-refractivity contribution in [2.24, 2.45) is 11.5 Å². The lowest BCUT2D eigenvalue weighted by Crippen LogP contribution is -2.58. The van der Waals surface area contributed by atoms with E-state index in [0.717, 1.165) is 0 Å². The van der Waals surface area contributed by atoms with Gasteiger partial charge in [-0.3, -0.25) is 24.0 Å². The largest absolute Gasteiger partial charge is 0.508 e. The third-order valence-corrected chi connectivity index (χ3v) is 5.31. The van der Waals surface area contributed by atoms with Crippen LogP contribution in [-0.4, -0.2) is 86.8 Å². The fraction of sp³-hybridized carbons (Fsp3) is 0.478. The smallest absolute Gasteiger partial charge is 0.326 e. The molecule has 0 fully saturated rings. The van der Waals surface area contributed by atoms with E-state index in [9.17, 15) is 44.1 Å². The Bertz CT molecular complexity index is 1000. The molecule has 0 spiro atoms. The summed E-state index contributed by atoms with van der Waals surface area (Å²) in [5.74, 6) is -7.34. The summed E-state index contributed by atoms with van der Waals surface area (Å²) in [6.45, 7) is 0.326. The molecule has 4 unspecified atom stereocenters. The van der Waals surface area contributed by atoms with Gasteiger partial charge in [0.15, 0.2) is 0 Å². The maximum absolute atomic E-state index is 13.0. The van der Waals surface area contributed by atoms with Crippen LogP contribution in [0.25, 0.3) is 0 Å². The van der Waals surface area contributed by atoms with Gasteiger partial charge in [-0.25, -0.2) is 4.79 Å². The molecule has 0 saturated carbocycles. The summed E-state index contributed by atoms with van der Waals surface area (Å²) in [4.78, 5) is 71.9. The number of aromatic hydroxyl groups is 1. The normalized spacial score (nSPS) is 13.8. The van der Waals surface area contributed by atoms with E-state index in [1.54, 1.807) is 0 Å². The van der Waals surface area contributed by atoms with Crippen molar-refractivity contribution in [3.05, 3.63) is 29.8 Å². The Morgan fingerprint density at radius 3 is 1.79 bits per heavy atom. The minimum absolute atomic E-state index is 0.0634. The first kappa shape index (κ1) is 31.8. The highest BCUT2D eigenvalue weighted by atomic mass is 16.4. The number of hydrogen-bond donors (Lipinski definition) is 9. The summed E-state index contributed by atoms with van der Waals surface area (Å²) in [6.07, 6.45) is -0.877. The predicted molar refractivity (Wildman–Crippen MR) is 131 cm³/mol. The molecule has 38 heavy (non-hydrogen) atoms. The topological polar surface area (TPSA) is 271 Å². The third kappa shape index (κ3) is 11.7. The number of carboxylic acid groups (broad SMARTS) is 3. The minimum atomic E-state index is -1.73. The molecule has 0 aliphatic rings. The van der Waals surface area contributed by atoms with E-state index in [-0.39, 0.29) is 18.6 Å². The molecular formula is C23H33N5O10. The monoisotopic (exact) mass is 539 g/mol. The summed E-state index contributed by atoms with van der Waals surface area (Å²) in [5.41, 5.74) is 11.4. The van der Waals surface area contributed by atoms with E-state index in [1.807, 2.05) is 0 Å². The lowest BCUT2D eigenvalue weighted by atomic mass is 10.0. The molecule has 11 N–H and O–H groups in total. The second-order valence-corrected chi connectivity index (χ2v) is 8.48. The number of amides is 3. The molecule has 0 aliphatic heterocycles. The van der Waals surface area contributed by atoms with Gasteiger partial charge in [-0.05, 0) is 43.5 Å². The van der Waals surface area contributed by atoms with Gasteiger partial charge in [0, 0.05) is 6.42 Å². The van der Waals surface area contributed by atoms with Crippen LogP contribution in [-0.2, 0) is 35.2 Å². The standard InChI is InChI=1S/C23H33N5O10/c24-8-2-1-3-15(23(37)38)26-21(35)16(9-12-4-6-13(29)7-5-12)28-22(36)17(11-19(32)33)27-20(34)14(25)10-18(30)31/h4-7,14-17,29H,1-3,8-11,24-25H2,(H,26,35)(H,27,34)(H,28,36)(H,30,31)(H,32,33)(H,37,38). The van der Waals surface area contributed by atoms with Crippen molar-refractivity contribution in [2.45, 2.75) is 62.7 Å². The molecule has 210 valence electrons. The van der Waals surface area contributed by atoms with Crippen molar-refractivity contribution in [1.82, 2.24) is 16.0 Å². The van der Waals surface area contributed by atoms with Crippen LogP contribution in [0, 0.1) is 0 Å². The SMILES string of the molecule is NCCCCC(NC(=O)C(Cc1ccc(O)cc1)NC(=O)C(CC(=O)O)NC(=O)C(N)CC(=O)O)C(=O)O. The summed E-state index contributed by atoms with van der Waals surface area (Å²) >= 11 is 0. The zero-order valence-electron chi connectivity index (χ0n) is 20.5. The summed E-state index contributed by atoms with van der Waals surface area (Å²) < 4.78 is 0. The molecule has 0 aliphatic carbocycles. The Labute approximate surface area is 217 Å². The number of carbonyl (C=O) groups excluding carboxylic acids is 3. The number of phenolic OH excluding ortho intramolecular Hbond substituents is 1. The highest BCUT2D eigenvalue weighted by Gasteiger charge is 2.32. The summed E-state index contributed by atoms with van der Waals surface area (Å²) in [6, 6.07) is -0.432. The van der Waals surface area contributed by atoms with Crippen molar-refractivity contribution < 1.29 is 49.2 Å². The molecule has 1 aromatic rings. The maximum Gasteiger partial charge on any atom is 0.326 e. The van der Waals surface area contributed by atoms with E-state index in [0.29, 0.717) is 24.9 Å². The Morgan fingerprint density at radius 2 is 1.26 bits per heavy atom. The average Bonchev–Trinajstić information content (AvgIpc) is 2.82. The fourth-order valence-corrected chi connectivity index (χ4v) is 3.32. The Balaban J connectivity index is 3.15. The van der Waals surface area contributed by atoms with Crippen LogP contribution in [0.2, 0.25) is 0 Å². The summed E-state index contributed by atoms with van der Waals surface area (Å²) in [7, 11) is 0. The van der Waals surface area contributed by atoms with E-state index in [1.165, 1.54) is 24.3 Å². The van der Waals surface area contributed by atoms with Crippen molar-refractivity contribution in [2.75, 3.05) is 6.54 Å². The molecule has 4 atom stereocenters. The Kier molecular flexibility index (Phi) is 13.2. The number of rotatable bonds is 17. The number of nitrogens with two attached hydrogens (primary N) is 2. The summed E-state index contributed by atoms with van der Waals surface area (Å²) in [5, 5.41) is 43.7. The molecule has 15 heteroatoms. The minimum Gasteiger partial charge on any atom is -0.508 e. The van der Waals surface area contributed by atoms with Crippen molar-refractivity contribution in [3.63, 3.8) is 0 Å². The van der Waals surface area contributed by atoms with Crippen molar-refractivity contribution in [1.29, 1.82) is 0 Å². The molecule has 0 aromatic heterocycles. The quantitative estimate of drug-likeness (QED) is 0.0961. The Hall–Kier alpha value is -4.24. The van der Waals surface area contributed by atoms with E-state index in [4.69, 9.17) is 16.6 Å². The van der Waals surface area contributed by atoms with Gasteiger partial charge < -0.3 is 47.8 Å². The molecule has 1 rings (SSSR count).